The number of hydrogen-bond donors (Lipinski definition) is 2. The monoisotopic (exact) mass is 282 g/mol. The molecule has 0 saturated carbocycles. The Morgan fingerprint density at radius 2 is 1.16 bits per heavy atom. The fraction of sp³-hybridized carbons (Fsp3) is 0. The van der Waals surface area contributed by atoms with Gasteiger partial charge in [0.05, 0.1) is 5.56 Å². The van der Waals surface area contributed by atoms with Crippen LogP contribution in [0.3, 0.4) is 0 Å². The largest absolute Gasteiger partial charge is 0.507 e. The van der Waals surface area contributed by atoms with E-state index in [1.165, 1.54) is 0 Å². The van der Waals surface area contributed by atoms with Crippen molar-refractivity contribution in [3.8, 4) is 0 Å². The number of rotatable bonds is 3. The van der Waals surface area contributed by atoms with Crippen molar-refractivity contribution >= 4 is 17.5 Å². The third-order valence-electron chi connectivity index (χ3n) is 1.94. The summed E-state index contributed by atoms with van der Waals surface area (Å²) in [6, 6.07) is 0. The van der Waals surface area contributed by atoms with E-state index in [1.807, 2.05) is 0 Å². The highest BCUT2D eigenvalue weighted by atomic mass is 19.2. The first-order valence-corrected chi connectivity index (χ1v) is 4.38. The lowest BCUT2D eigenvalue weighted by atomic mass is 10.1. The second-order valence-electron chi connectivity index (χ2n) is 3.14. The van der Waals surface area contributed by atoms with Gasteiger partial charge in [0, 0.05) is 6.08 Å². The number of aliphatic hydroxyl groups excluding tert-OH is 1. The molecule has 1 aromatic carbocycles. The number of carbonyl (C=O) groups excluding carboxylic acids is 1. The van der Waals surface area contributed by atoms with E-state index in [1.54, 1.807) is 0 Å². The van der Waals surface area contributed by atoms with Crippen molar-refractivity contribution in [2.45, 2.75) is 0 Å². The number of benzene rings is 1. The van der Waals surface area contributed by atoms with Gasteiger partial charge < -0.3 is 10.2 Å². The molecule has 0 aliphatic heterocycles. The van der Waals surface area contributed by atoms with E-state index in [2.05, 4.69) is 0 Å². The van der Waals surface area contributed by atoms with E-state index in [-0.39, 0.29) is 6.08 Å². The van der Waals surface area contributed by atoms with Crippen LogP contribution in [0.15, 0.2) is 6.08 Å². The normalized spacial score (nSPS) is 11.5. The van der Waals surface area contributed by atoms with E-state index >= 15 is 0 Å². The van der Waals surface area contributed by atoms with E-state index in [0.717, 1.165) is 0 Å². The van der Waals surface area contributed by atoms with Gasteiger partial charge >= 0.3 is 5.97 Å². The molecule has 0 saturated heterocycles. The van der Waals surface area contributed by atoms with Crippen LogP contribution < -0.4 is 0 Å². The highest BCUT2D eigenvalue weighted by Gasteiger charge is 2.28. The van der Waals surface area contributed by atoms with Crippen LogP contribution in [0, 0.1) is 29.1 Å². The van der Waals surface area contributed by atoms with E-state index in [4.69, 9.17) is 10.2 Å². The SMILES string of the molecule is O=C(O)C(=O)C=C(O)c1c(F)c(F)c(F)c(F)c1F. The van der Waals surface area contributed by atoms with Gasteiger partial charge in [-0.25, -0.2) is 26.7 Å². The third-order valence-corrected chi connectivity index (χ3v) is 1.94. The molecule has 2 N–H and O–H groups in total. The molecule has 0 atom stereocenters. The average Bonchev–Trinajstić information content (AvgIpc) is 2.34. The first-order chi connectivity index (χ1) is 8.68. The molecule has 4 nitrogen and oxygen atoms in total. The Morgan fingerprint density at radius 1 is 0.789 bits per heavy atom. The van der Waals surface area contributed by atoms with Crippen LogP contribution in [-0.4, -0.2) is 22.0 Å². The van der Waals surface area contributed by atoms with Crippen LogP contribution in [0.4, 0.5) is 22.0 Å². The summed E-state index contributed by atoms with van der Waals surface area (Å²) in [5.41, 5.74) is -1.79. The van der Waals surface area contributed by atoms with Crippen molar-refractivity contribution in [1.82, 2.24) is 0 Å². The molecule has 0 heterocycles. The summed E-state index contributed by atoms with van der Waals surface area (Å²) in [5, 5.41) is 17.3. The number of carboxylic acids is 1. The standard InChI is InChI=1S/C10H3F5O4/c11-5-4(2(16)1-3(17)10(18)19)6(12)8(14)9(15)7(5)13/h1,16H,(H,18,19). The van der Waals surface area contributed by atoms with Crippen molar-refractivity contribution in [1.29, 1.82) is 0 Å². The Morgan fingerprint density at radius 3 is 1.53 bits per heavy atom. The molecule has 0 aliphatic rings. The Balaban J connectivity index is 3.52. The lowest BCUT2D eigenvalue weighted by Crippen LogP contribution is -2.11. The minimum atomic E-state index is -2.45. The third kappa shape index (κ3) is 2.54. The summed E-state index contributed by atoms with van der Waals surface area (Å²) in [5.74, 6) is -17.5. The number of aliphatic hydroxyl groups is 1. The number of halogens is 5. The molecule has 1 rings (SSSR count). The molecule has 0 bridgehead atoms. The summed E-state index contributed by atoms with van der Waals surface area (Å²) >= 11 is 0. The first kappa shape index (κ1) is 14.6. The average molecular weight is 282 g/mol. The molecular formula is C10H3F5O4. The van der Waals surface area contributed by atoms with Crippen LogP contribution in [0.1, 0.15) is 5.56 Å². The van der Waals surface area contributed by atoms with Crippen LogP contribution in [0.2, 0.25) is 0 Å². The van der Waals surface area contributed by atoms with Crippen LogP contribution in [-0.2, 0) is 9.59 Å². The zero-order valence-corrected chi connectivity index (χ0v) is 8.68. The van der Waals surface area contributed by atoms with Gasteiger partial charge in [0.1, 0.15) is 5.76 Å². The van der Waals surface area contributed by atoms with E-state index < -0.39 is 52.2 Å². The molecule has 102 valence electrons. The zero-order valence-electron chi connectivity index (χ0n) is 8.68. The molecular weight excluding hydrogens is 279 g/mol. The summed E-state index contributed by atoms with van der Waals surface area (Å²) in [6.45, 7) is 0. The van der Waals surface area contributed by atoms with Crippen molar-refractivity contribution in [3.05, 3.63) is 40.7 Å². The molecule has 0 aromatic heterocycles. The summed E-state index contributed by atoms with van der Waals surface area (Å²) < 4.78 is 64.4. The van der Waals surface area contributed by atoms with E-state index in [9.17, 15) is 31.5 Å². The quantitative estimate of drug-likeness (QED) is 0.222. The highest BCUT2D eigenvalue weighted by Crippen LogP contribution is 2.27. The van der Waals surface area contributed by atoms with Crippen LogP contribution in [0.5, 0.6) is 0 Å². The molecule has 0 fully saturated rings. The number of carbonyl (C=O) groups is 2. The fourth-order valence-electron chi connectivity index (χ4n) is 1.09. The number of hydrogen-bond acceptors (Lipinski definition) is 3. The Hall–Kier alpha value is -2.45. The first-order valence-electron chi connectivity index (χ1n) is 4.38. The second kappa shape index (κ2) is 5.04. The van der Waals surface area contributed by atoms with Crippen molar-refractivity contribution in [3.63, 3.8) is 0 Å². The maximum atomic E-state index is 13.1. The van der Waals surface area contributed by atoms with Gasteiger partial charge in [-0.2, -0.15) is 0 Å². The molecule has 0 aliphatic carbocycles. The molecule has 19 heavy (non-hydrogen) atoms. The minimum Gasteiger partial charge on any atom is -0.507 e. The topological polar surface area (TPSA) is 74.6 Å². The Kier molecular flexibility index (Phi) is 3.88. The summed E-state index contributed by atoms with van der Waals surface area (Å²) in [6.07, 6.45) is -0.180. The zero-order chi connectivity index (χ0) is 14.9. The second-order valence-corrected chi connectivity index (χ2v) is 3.14. The minimum absolute atomic E-state index is 0.180. The smallest absolute Gasteiger partial charge is 0.376 e. The van der Waals surface area contributed by atoms with Crippen molar-refractivity contribution in [2.75, 3.05) is 0 Å². The van der Waals surface area contributed by atoms with Gasteiger partial charge in [-0.3, -0.25) is 4.79 Å². The van der Waals surface area contributed by atoms with Gasteiger partial charge in [-0.05, 0) is 0 Å². The Labute approximate surface area is 101 Å². The van der Waals surface area contributed by atoms with Gasteiger partial charge in [0.15, 0.2) is 23.3 Å². The van der Waals surface area contributed by atoms with Crippen LogP contribution >= 0.6 is 0 Å². The maximum absolute atomic E-state index is 13.1. The fourth-order valence-corrected chi connectivity index (χ4v) is 1.09. The molecule has 0 spiro atoms. The maximum Gasteiger partial charge on any atom is 0.376 e. The van der Waals surface area contributed by atoms with Gasteiger partial charge in [0.25, 0.3) is 5.78 Å². The Bertz CT molecular complexity index is 579. The lowest BCUT2D eigenvalue weighted by molar-refractivity contribution is -0.146. The van der Waals surface area contributed by atoms with Crippen molar-refractivity contribution in [2.24, 2.45) is 0 Å². The number of ketones is 1. The molecule has 0 unspecified atom stereocenters. The van der Waals surface area contributed by atoms with E-state index in [0.29, 0.717) is 0 Å². The van der Waals surface area contributed by atoms with Crippen molar-refractivity contribution < 1.29 is 41.8 Å². The van der Waals surface area contributed by atoms with Gasteiger partial charge in [-0.15, -0.1) is 0 Å². The summed E-state index contributed by atoms with van der Waals surface area (Å²) in [7, 11) is 0. The highest BCUT2D eigenvalue weighted by molar-refractivity contribution is 6.38. The predicted molar refractivity (Wildman–Crippen MR) is 49.5 cm³/mol. The van der Waals surface area contributed by atoms with Gasteiger partial charge in [-0.1, -0.05) is 0 Å². The number of aliphatic carboxylic acids is 1. The molecule has 0 radical (unpaired) electrons. The molecule has 9 heteroatoms. The lowest BCUT2D eigenvalue weighted by Gasteiger charge is -2.06. The molecule has 0 amide bonds. The van der Waals surface area contributed by atoms with Gasteiger partial charge in [0.2, 0.25) is 5.82 Å². The number of carboxylic acid groups (broad SMARTS) is 1. The molecule has 1 aromatic rings. The predicted octanol–water partition coefficient (Wildman–Crippen LogP) is 1.93. The summed E-state index contributed by atoms with van der Waals surface area (Å²) in [4.78, 5) is 20.8. The van der Waals surface area contributed by atoms with Crippen LogP contribution in [0.25, 0.3) is 5.76 Å².